The van der Waals surface area contributed by atoms with E-state index in [1.165, 1.54) is 35.2 Å². The van der Waals surface area contributed by atoms with Gasteiger partial charge in [-0.05, 0) is 49.2 Å². The molecule has 0 spiro atoms. The minimum Gasteiger partial charge on any atom is -0.363 e. The first-order valence-electron chi connectivity index (χ1n) is 11.0. The molecule has 5 rings (SSSR count). The van der Waals surface area contributed by atoms with E-state index in [2.05, 4.69) is 5.32 Å². The van der Waals surface area contributed by atoms with Crippen molar-refractivity contribution in [2.75, 3.05) is 16.8 Å². The average molecular weight is 455 g/mol. The van der Waals surface area contributed by atoms with Crippen LogP contribution in [0.1, 0.15) is 25.7 Å². The highest BCUT2D eigenvalue weighted by atomic mass is 19.1. The lowest BCUT2D eigenvalue weighted by atomic mass is 9.81. The SMILES string of the molecule is O=C(CN1C(=O)N(c2ccc(F)cc2)C(=O)C2OC3CCCCC3C21)Nc1ccccc1F. The maximum atomic E-state index is 14.0. The highest BCUT2D eigenvalue weighted by Gasteiger charge is 2.58. The molecule has 2 saturated heterocycles. The Labute approximate surface area is 189 Å². The van der Waals surface area contributed by atoms with Gasteiger partial charge in [0, 0.05) is 5.92 Å². The van der Waals surface area contributed by atoms with Crippen molar-refractivity contribution in [2.45, 2.75) is 43.9 Å². The van der Waals surface area contributed by atoms with Crippen molar-refractivity contribution < 1.29 is 27.9 Å². The number of para-hydroxylation sites is 1. The smallest absolute Gasteiger partial charge is 0.332 e. The molecule has 2 aromatic rings. The van der Waals surface area contributed by atoms with E-state index in [-0.39, 0.29) is 29.9 Å². The molecule has 0 radical (unpaired) electrons. The lowest BCUT2D eigenvalue weighted by Gasteiger charge is -2.42. The van der Waals surface area contributed by atoms with E-state index in [0.29, 0.717) is 0 Å². The molecule has 9 heteroatoms. The number of hydrogen-bond donors (Lipinski definition) is 1. The van der Waals surface area contributed by atoms with Crippen LogP contribution in [0.4, 0.5) is 25.0 Å². The van der Waals surface area contributed by atoms with Crippen molar-refractivity contribution >= 4 is 29.2 Å². The van der Waals surface area contributed by atoms with Gasteiger partial charge < -0.3 is 15.0 Å². The topological polar surface area (TPSA) is 79.0 Å². The Hall–Kier alpha value is -3.33. The van der Waals surface area contributed by atoms with Gasteiger partial charge in [-0.15, -0.1) is 0 Å². The first-order valence-corrected chi connectivity index (χ1v) is 11.0. The van der Waals surface area contributed by atoms with E-state index in [1.54, 1.807) is 6.07 Å². The Kier molecular flexibility index (Phi) is 5.57. The van der Waals surface area contributed by atoms with Gasteiger partial charge in [0.15, 0.2) is 6.10 Å². The highest BCUT2D eigenvalue weighted by Crippen LogP contribution is 2.43. The summed E-state index contributed by atoms with van der Waals surface area (Å²) in [7, 11) is 0. The fourth-order valence-corrected chi connectivity index (χ4v) is 5.16. The van der Waals surface area contributed by atoms with E-state index >= 15 is 0 Å². The van der Waals surface area contributed by atoms with Gasteiger partial charge in [0.2, 0.25) is 5.91 Å². The van der Waals surface area contributed by atoms with Gasteiger partial charge in [0.25, 0.3) is 5.91 Å². The van der Waals surface area contributed by atoms with Crippen LogP contribution in [-0.2, 0) is 14.3 Å². The molecule has 1 saturated carbocycles. The maximum absolute atomic E-state index is 14.0. The number of fused-ring (bicyclic) bond motifs is 3. The number of carbonyl (C=O) groups is 3. The summed E-state index contributed by atoms with van der Waals surface area (Å²) in [6.07, 6.45) is 2.41. The number of nitrogens with one attached hydrogen (secondary N) is 1. The highest BCUT2D eigenvalue weighted by molar-refractivity contribution is 6.18. The monoisotopic (exact) mass is 455 g/mol. The Morgan fingerprint density at radius 2 is 1.76 bits per heavy atom. The molecule has 4 atom stereocenters. The minimum absolute atomic E-state index is 0.00758. The van der Waals surface area contributed by atoms with Crippen LogP contribution in [0.2, 0.25) is 0 Å². The molecular formula is C24H23F2N3O4. The van der Waals surface area contributed by atoms with Crippen molar-refractivity contribution in [3.8, 4) is 0 Å². The molecule has 3 fully saturated rings. The molecule has 0 aromatic heterocycles. The first-order chi connectivity index (χ1) is 15.9. The normalized spacial score (nSPS) is 26.7. The number of amides is 4. The number of imide groups is 1. The number of anilines is 2. The van der Waals surface area contributed by atoms with Gasteiger partial charge in [0.1, 0.15) is 18.2 Å². The molecule has 2 aromatic carbocycles. The molecule has 33 heavy (non-hydrogen) atoms. The number of rotatable bonds is 4. The third kappa shape index (κ3) is 3.86. The zero-order valence-corrected chi connectivity index (χ0v) is 17.7. The van der Waals surface area contributed by atoms with Gasteiger partial charge in [-0.25, -0.2) is 18.5 Å². The van der Waals surface area contributed by atoms with Crippen LogP contribution in [0, 0.1) is 17.6 Å². The van der Waals surface area contributed by atoms with Crippen LogP contribution in [0.5, 0.6) is 0 Å². The molecular weight excluding hydrogens is 432 g/mol. The van der Waals surface area contributed by atoms with Crippen molar-refractivity contribution in [2.24, 2.45) is 5.92 Å². The molecule has 1 aliphatic carbocycles. The maximum Gasteiger partial charge on any atom is 0.332 e. The number of carbonyl (C=O) groups excluding carboxylic acids is 3. The molecule has 3 aliphatic rings. The number of urea groups is 1. The second kappa shape index (κ2) is 8.55. The van der Waals surface area contributed by atoms with Gasteiger partial charge in [-0.2, -0.15) is 0 Å². The number of nitrogens with zero attached hydrogens (tertiary/aromatic N) is 2. The summed E-state index contributed by atoms with van der Waals surface area (Å²) in [5, 5.41) is 2.50. The third-order valence-corrected chi connectivity index (χ3v) is 6.63. The second-order valence-electron chi connectivity index (χ2n) is 8.62. The molecule has 1 N–H and O–H groups in total. The Morgan fingerprint density at radius 3 is 2.52 bits per heavy atom. The number of benzene rings is 2. The summed E-state index contributed by atoms with van der Waals surface area (Å²) in [6, 6.07) is 9.49. The van der Waals surface area contributed by atoms with E-state index in [0.717, 1.165) is 42.7 Å². The van der Waals surface area contributed by atoms with Gasteiger partial charge in [0.05, 0.1) is 23.5 Å². The summed E-state index contributed by atoms with van der Waals surface area (Å²) in [6.45, 7) is -0.369. The van der Waals surface area contributed by atoms with Crippen LogP contribution in [0.15, 0.2) is 48.5 Å². The minimum atomic E-state index is -0.915. The lowest BCUT2D eigenvalue weighted by molar-refractivity contribution is -0.133. The predicted molar refractivity (Wildman–Crippen MR) is 115 cm³/mol. The van der Waals surface area contributed by atoms with E-state index in [4.69, 9.17) is 4.74 Å². The molecule has 7 nitrogen and oxygen atoms in total. The van der Waals surface area contributed by atoms with Crippen LogP contribution < -0.4 is 10.2 Å². The van der Waals surface area contributed by atoms with Crippen molar-refractivity contribution in [1.82, 2.24) is 4.90 Å². The largest absolute Gasteiger partial charge is 0.363 e. The third-order valence-electron chi connectivity index (χ3n) is 6.63. The van der Waals surface area contributed by atoms with Crippen molar-refractivity contribution in [1.29, 1.82) is 0 Å². The van der Waals surface area contributed by atoms with Gasteiger partial charge >= 0.3 is 6.03 Å². The van der Waals surface area contributed by atoms with Crippen LogP contribution in [-0.4, -0.2) is 47.5 Å². The van der Waals surface area contributed by atoms with Crippen molar-refractivity contribution in [3.63, 3.8) is 0 Å². The molecule has 4 unspecified atom stereocenters. The van der Waals surface area contributed by atoms with Crippen LogP contribution in [0.25, 0.3) is 0 Å². The summed E-state index contributed by atoms with van der Waals surface area (Å²) < 4.78 is 33.6. The van der Waals surface area contributed by atoms with Gasteiger partial charge in [-0.3, -0.25) is 9.59 Å². The quantitative estimate of drug-likeness (QED) is 0.763. The summed E-state index contributed by atoms with van der Waals surface area (Å²) in [5.41, 5.74) is 0.205. The standard InChI is InChI=1S/C24H23F2N3O4/c25-14-9-11-15(12-10-14)29-23(31)22-21(16-5-1-4-8-19(16)33-22)28(24(29)32)13-20(30)27-18-7-3-2-6-17(18)26/h2-3,6-7,9-12,16,19,21-22H,1,4-5,8,13H2,(H,27,30). The van der Waals surface area contributed by atoms with E-state index < -0.39 is 41.6 Å². The zero-order chi connectivity index (χ0) is 23.1. The Morgan fingerprint density at radius 1 is 1.03 bits per heavy atom. The lowest BCUT2D eigenvalue weighted by Crippen LogP contribution is -2.65. The van der Waals surface area contributed by atoms with Crippen LogP contribution >= 0.6 is 0 Å². The summed E-state index contributed by atoms with van der Waals surface area (Å²) in [5.74, 6) is -2.25. The van der Waals surface area contributed by atoms with Gasteiger partial charge in [-0.1, -0.05) is 25.0 Å². The number of ether oxygens (including phenoxy) is 1. The molecule has 2 aliphatic heterocycles. The molecule has 2 heterocycles. The van der Waals surface area contributed by atoms with E-state index in [9.17, 15) is 23.2 Å². The molecule has 0 bridgehead atoms. The fraction of sp³-hybridized carbons (Fsp3) is 0.375. The molecule has 172 valence electrons. The zero-order valence-electron chi connectivity index (χ0n) is 17.7. The Bertz CT molecular complexity index is 1090. The first kappa shape index (κ1) is 21.5. The number of hydrogen-bond acceptors (Lipinski definition) is 4. The van der Waals surface area contributed by atoms with Crippen LogP contribution in [0.3, 0.4) is 0 Å². The van der Waals surface area contributed by atoms with Crippen molar-refractivity contribution in [3.05, 3.63) is 60.2 Å². The Balaban J connectivity index is 1.46. The molecule has 4 amide bonds. The summed E-state index contributed by atoms with van der Waals surface area (Å²) >= 11 is 0. The average Bonchev–Trinajstić information content (AvgIpc) is 3.19. The van der Waals surface area contributed by atoms with E-state index in [1.807, 2.05) is 0 Å². The summed E-state index contributed by atoms with van der Waals surface area (Å²) in [4.78, 5) is 42.0. The predicted octanol–water partition coefficient (Wildman–Crippen LogP) is 3.70. The fourth-order valence-electron chi connectivity index (χ4n) is 5.16. The number of halogens is 2. The second-order valence-corrected chi connectivity index (χ2v) is 8.62.